The Balaban J connectivity index is 2.32. The molecule has 1 atom stereocenters. The number of hydrogen-bond acceptors (Lipinski definition) is 4. The molecular formula is C19H27NO4. The standard InChI is InChI=1S/C19H27NO4/c1-6-20-16-12-14(23-7-2)10-8-13(16)9-11-15(17(20)21)18(22)24-19(3,4)5/h8,10,12,15H,6-7,9,11H2,1-5H3/t15-/m1/s1. The highest BCUT2D eigenvalue weighted by atomic mass is 16.6. The third-order valence-electron chi connectivity index (χ3n) is 3.93. The lowest BCUT2D eigenvalue weighted by molar-refractivity contribution is -0.162. The molecular weight excluding hydrogens is 306 g/mol. The van der Waals surface area contributed by atoms with Gasteiger partial charge in [0.2, 0.25) is 5.91 Å². The Morgan fingerprint density at radius 2 is 2.00 bits per heavy atom. The highest BCUT2D eigenvalue weighted by Gasteiger charge is 2.37. The van der Waals surface area contributed by atoms with E-state index in [0.717, 1.165) is 17.0 Å². The second kappa shape index (κ2) is 7.24. The maximum atomic E-state index is 12.9. The van der Waals surface area contributed by atoms with E-state index >= 15 is 0 Å². The molecule has 0 radical (unpaired) electrons. The smallest absolute Gasteiger partial charge is 0.319 e. The summed E-state index contributed by atoms with van der Waals surface area (Å²) in [5, 5.41) is 0. The fourth-order valence-electron chi connectivity index (χ4n) is 2.91. The van der Waals surface area contributed by atoms with E-state index < -0.39 is 17.5 Å². The van der Waals surface area contributed by atoms with Crippen LogP contribution < -0.4 is 9.64 Å². The maximum Gasteiger partial charge on any atom is 0.319 e. The van der Waals surface area contributed by atoms with Crippen LogP contribution in [0.2, 0.25) is 0 Å². The summed E-state index contributed by atoms with van der Waals surface area (Å²) in [6, 6.07) is 5.78. The number of anilines is 1. The number of benzene rings is 1. The van der Waals surface area contributed by atoms with Gasteiger partial charge in [0.15, 0.2) is 0 Å². The van der Waals surface area contributed by atoms with Gasteiger partial charge in [0.05, 0.1) is 12.3 Å². The van der Waals surface area contributed by atoms with E-state index in [0.29, 0.717) is 26.0 Å². The zero-order chi connectivity index (χ0) is 17.9. The molecule has 5 nitrogen and oxygen atoms in total. The maximum absolute atomic E-state index is 12.9. The number of nitrogens with zero attached hydrogens (tertiary/aromatic N) is 1. The van der Waals surface area contributed by atoms with Crippen LogP contribution in [0.3, 0.4) is 0 Å². The van der Waals surface area contributed by atoms with Crippen LogP contribution in [-0.4, -0.2) is 30.6 Å². The van der Waals surface area contributed by atoms with Gasteiger partial charge in [0.25, 0.3) is 0 Å². The molecule has 1 aromatic rings. The molecule has 0 saturated heterocycles. The second-order valence-corrected chi connectivity index (χ2v) is 6.93. The molecule has 0 unspecified atom stereocenters. The van der Waals surface area contributed by atoms with E-state index in [9.17, 15) is 9.59 Å². The summed E-state index contributed by atoms with van der Waals surface area (Å²) < 4.78 is 11.0. The summed E-state index contributed by atoms with van der Waals surface area (Å²) in [5.41, 5.74) is 1.29. The zero-order valence-electron chi connectivity index (χ0n) is 15.2. The fourth-order valence-corrected chi connectivity index (χ4v) is 2.91. The summed E-state index contributed by atoms with van der Waals surface area (Å²) in [5.74, 6) is -0.659. The molecule has 0 saturated carbocycles. The Hall–Kier alpha value is -2.04. The van der Waals surface area contributed by atoms with Crippen LogP contribution >= 0.6 is 0 Å². The summed E-state index contributed by atoms with van der Waals surface area (Å²) in [4.78, 5) is 27.1. The predicted octanol–water partition coefficient (Wildman–Crippen LogP) is 3.34. The average molecular weight is 333 g/mol. The number of amides is 1. The first-order valence-electron chi connectivity index (χ1n) is 8.56. The van der Waals surface area contributed by atoms with E-state index in [-0.39, 0.29) is 5.91 Å². The first-order valence-corrected chi connectivity index (χ1v) is 8.56. The molecule has 0 aromatic heterocycles. The van der Waals surface area contributed by atoms with Crippen molar-refractivity contribution in [2.24, 2.45) is 5.92 Å². The van der Waals surface area contributed by atoms with E-state index in [4.69, 9.17) is 9.47 Å². The third-order valence-corrected chi connectivity index (χ3v) is 3.93. The van der Waals surface area contributed by atoms with E-state index in [1.165, 1.54) is 0 Å². The van der Waals surface area contributed by atoms with Crippen molar-refractivity contribution >= 4 is 17.6 Å². The predicted molar refractivity (Wildman–Crippen MR) is 93.3 cm³/mol. The average Bonchev–Trinajstić information content (AvgIpc) is 2.61. The van der Waals surface area contributed by atoms with Gasteiger partial charge in [0, 0.05) is 12.6 Å². The Morgan fingerprint density at radius 1 is 1.29 bits per heavy atom. The van der Waals surface area contributed by atoms with E-state index in [1.54, 1.807) is 4.90 Å². The van der Waals surface area contributed by atoms with Crippen LogP contribution in [-0.2, 0) is 20.7 Å². The first-order chi connectivity index (χ1) is 11.3. The van der Waals surface area contributed by atoms with Crippen molar-refractivity contribution in [1.82, 2.24) is 0 Å². The van der Waals surface area contributed by atoms with Crippen molar-refractivity contribution in [3.8, 4) is 5.75 Å². The number of hydrogen-bond donors (Lipinski definition) is 0. The first kappa shape index (κ1) is 18.3. The Kier molecular flexibility index (Phi) is 5.52. The molecule has 2 rings (SSSR count). The minimum Gasteiger partial charge on any atom is -0.494 e. The van der Waals surface area contributed by atoms with Gasteiger partial charge in [-0.1, -0.05) is 6.07 Å². The highest BCUT2D eigenvalue weighted by Crippen LogP contribution is 2.33. The topological polar surface area (TPSA) is 55.8 Å². The van der Waals surface area contributed by atoms with Gasteiger partial charge in [-0.3, -0.25) is 9.59 Å². The number of esters is 1. The zero-order valence-corrected chi connectivity index (χ0v) is 15.2. The molecule has 0 aliphatic carbocycles. The van der Waals surface area contributed by atoms with Gasteiger partial charge in [-0.2, -0.15) is 0 Å². The lowest BCUT2D eigenvalue weighted by atomic mass is 10.00. The Morgan fingerprint density at radius 3 is 2.58 bits per heavy atom. The molecule has 1 aliphatic rings. The molecule has 0 fully saturated rings. The van der Waals surface area contributed by atoms with Crippen molar-refractivity contribution in [2.75, 3.05) is 18.1 Å². The van der Waals surface area contributed by atoms with Crippen molar-refractivity contribution in [3.63, 3.8) is 0 Å². The summed E-state index contributed by atoms with van der Waals surface area (Å²) in [6.07, 6.45) is 1.12. The summed E-state index contributed by atoms with van der Waals surface area (Å²) >= 11 is 0. The number of aryl methyl sites for hydroxylation is 1. The number of ether oxygens (including phenoxy) is 2. The van der Waals surface area contributed by atoms with Crippen molar-refractivity contribution < 1.29 is 19.1 Å². The van der Waals surface area contributed by atoms with Gasteiger partial charge < -0.3 is 14.4 Å². The molecule has 1 aliphatic heterocycles. The molecule has 1 heterocycles. The van der Waals surface area contributed by atoms with Crippen LogP contribution in [0.4, 0.5) is 5.69 Å². The van der Waals surface area contributed by atoms with Crippen molar-refractivity contribution in [3.05, 3.63) is 23.8 Å². The number of rotatable bonds is 4. The van der Waals surface area contributed by atoms with Crippen molar-refractivity contribution in [2.45, 2.75) is 53.1 Å². The Labute approximate surface area is 143 Å². The lowest BCUT2D eigenvalue weighted by Crippen LogP contribution is -2.41. The van der Waals surface area contributed by atoms with E-state index in [1.807, 2.05) is 52.8 Å². The number of fused-ring (bicyclic) bond motifs is 1. The molecule has 1 amide bonds. The Bertz CT molecular complexity index is 618. The van der Waals surface area contributed by atoms with Crippen LogP contribution in [0.1, 0.15) is 46.6 Å². The summed E-state index contributed by atoms with van der Waals surface area (Å²) in [7, 11) is 0. The molecule has 24 heavy (non-hydrogen) atoms. The van der Waals surface area contributed by atoms with Crippen LogP contribution in [0.5, 0.6) is 5.75 Å². The molecule has 0 bridgehead atoms. The molecule has 1 aromatic carbocycles. The third kappa shape index (κ3) is 4.08. The monoisotopic (exact) mass is 333 g/mol. The minimum atomic E-state index is -0.757. The van der Waals surface area contributed by atoms with Gasteiger partial charge >= 0.3 is 5.97 Å². The second-order valence-electron chi connectivity index (χ2n) is 6.93. The largest absolute Gasteiger partial charge is 0.494 e. The van der Waals surface area contributed by atoms with E-state index in [2.05, 4.69) is 0 Å². The molecule has 132 valence electrons. The van der Waals surface area contributed by atoms with Gasteiger partial charge in [-0.15, -0.1) is 0 Å². The number of carbonyl (C=O) groups excluding carboxylic acids is 2. The van der Waals surface area contributed by atoms with Crippen LogP contribution in [0.25, 0.3) is 0 Å². The summed E-state index contributed by atoms with van der Waals surface area (Å²) in [6.45, 7) is 10.3. The van der Waals surface area contributed by atoms with Gasteiger partial charge in [0.1, 0.15) is 17.3 Å². The fraction of sp³-hybridized carbons (Fsp3) is 0.579. The van der Waals surface area contributed by atoms with Crippen LogP contribution in [0.15, 0.2) is 18.2 Å². The van der Waals surface area contributed by atoms with Gasteiger partial charge in [-0.25, -0.2) is 0 Å². The SMILES string of the molecule is CCOc1ccc2c(c1)N(CC)C(=O)[C@H](C(=O)OC(C)(C)C)CC2. The highest BCUT2D eigenvalue weighted by molar-refractivity contribution is 6.07. The van der Waals surface area contributed by atoms with Crippen molar-refractivity contribution in [1.29, 1.82) is 0 Å². The molecule has 0 spiro atoms. The lowest BCUT2D eigenvalue weighted by Gasteiger charge is -2.26. The minimum absolute atomic E-state index is 0.195. The number of carbonyl (C=O) groups is 2. The normalized spacial score (nSPS) is 18.0. The molecule has 0 N–H and O–H groups in total. The molecule has 5 heteroatoms. The quantitative estimate of drug-likeness (QED) is 0.626. The van der Waals surface area contributed by atoms with Crippen LogP contribution in [0, 0.1) is 5.92 Å². The van der Waals surface area contributed by atoms with Gasteiger partial charge in [-0.05, 0) is 59.1 Å².